The fraction of sp³-hybridized carbons (Fsp3) is 0.267. The summed E-state index contributed by atoms with van der Waals surface area (Å²) in [7, 11) is 2.02. The summed E-state index contributed by atoms with van der Waals surface area (Å²) >= 11 is 1.77. The Kier molecular flexibility index (Phi) is 4.20. The molecule has 1 atom stereocenters. The predicted octanol–water partition coefficient (Wildman–Crippen LogP) is 3.06. The van der Waals surface area contributed by atoms with Gasteiger partial charge in [0.25, 0.3) is 0 Å². The number of nitriles is 1. The zero-order valence-corrected chi connectivity index (χ0v) is 11.9. The number of hydrogen-bond donors (Lipinski definition) is 1. The summed E-state index contributed by atoms with van der Waals surface area (Å²) in [5.74, 6) is 0. The first kappa shape index (κ1) is 13.6. The molecule has 4 heteroatoms. The van der Waals surface area contributed by atoms with Crippen molar-refractivity contribution in [3.05, 3.63) is 51.7 Å². The van der Waals surface area contributed by atoms with Crippen LogP contribution in [0.4, 0.5) is 5.69 Å². The molecule has 1 unspecified atom stereocenters. The van der Waals surface area contributed by atoms with Crippen molar-refractivity contribution in [2.45, 2.75) is 13.0 Å². The fourth-order valence-electron chi connectivity index (χ4n) is 2.07. The molecule has 0 aliphatic heterocycles. The summed E-state index contributed by atoms with van der Waals surface area (Å²) in [5.41, 5.74) is 7.61. The summed E-state index contributed by atoms with van der Waals surface area (Å²) < 4.78 is 0. The number of likely N-dealkylation sites (N-methyl/N-ethyl adjacent to an activating group) is 1. The van der Waals surface area contributed by atoms with E-state index in [9.17, 15) is 0 Å². The van der Waals surface area contributed by atoms with Gasteiger partial charge in [0.2, 0.25) is 0 Å². The highest BCUT2D eigenvalue weighted by molar-refractivity contribution is 7.12. The van der Waals surface area contributed by atoms with Crippen molar-refractivity contribution >= 4 is 17.0 Å². The van der Waals surface area contributed by atoms with Crippen LogP contribution in [-0.2, 0) is 0 Å². The van der Waals surface area contributed by atoms with E-state index in [2.05, 4.69) is 30.0 Å². The molecule has 98 valence electrons. The molecule has 2 aromatic rings. The second kappa shape index (κ2) is 5.87. The minimum atomic E-state index is 0.146. The van der Waals surface area contributed by atoms with Gasteiger partial charge in [-0.25, -0.2) is 0 Å². The second-order valence-corrected chi connectivity index (χ2v) is 5.79. The zero-order chi connectivity index (χ0) is 13.8. The number of rotatable bonds is 4. The second-order valence-electron chi connectivity index (χ2n) is 4.47. The van der Waals surface area contributed by atoms with Gasteiger partial charge in [0.05, 0.1) is 17.7 Å². The molecule has 0 saturated carbocycles. The van der Waals surface area contributed by atoms with Crippen LogP contribution in [0.25, 0.3) is 0 Å². The molecule has 0 aliphatic rings. The first-order chi connectivity index (χ1) is 9.15. The van der Waals surface area contributed by atoms with Gasteiger partial charge in [-0.3, -0.25) is 0 Å². The van der Waals surface area contributed by atoms with Crippen molar-refractivity contribution in [1.29, 1.82) is 5.26 Å². The number of benzene rings is 1. The normalized spacial score (nSPS) is 11.9. The van der Waals surface area contributed by atoms with Crippen molar-refractivity contribution in [2.75, 3.05) is 18.5 Å². The molecule has 0 saturated heterocycles. The Bertz CT molecular complexity index is 597. The maximum Gasteiger partial charge on any atom is 0.0992 e. The average molecular weight is 271 g/mol. The van der Waals surface area contributed by atoms with Gasteiger partial charge in [0.1, 0.15) is 0 Å². The van der Waals surface area contributed by atoms with E-state index in [1.165, 1.54) is 9.75 Å². The van der Waals surface area contributed by atoms with Gasteiger partial charge in [0, 0.05) is 29.0 Å². The lowest BCUT2D eigenvalue weighted by Gasteiger charge is -2.28. The van der Waals surface area contributed by atoms with Crippen molar-refractivity contribution in [3.8, 4) is 6.07 Å². The topological polar surface area (TPSA) is 53.0 Å². The molecule has 1 heterocycles. The minimum Gasteiger partial charge on any atom is -0.365 e. The van der Waals surface area contributed by atoms with Gasteiger partial charge in [-0.1, -0.05) is 6.07 Å². The Morgan fingerprint density at radius 1 is 1.37 bits per heavy atom. The third kappa shape index (κ3) is 2.95. The van der Waals surface area contributed by atoms with Crippen molar-refractivity contribution in [1.82, 2.24) is 0 Å². The number of nitrogens with zero attached hydrogens (tertiary/aromatic N) is 2. The highest BCUT2D eigenvalue weighted by Crippen LogP contribution is 2.29. The summed E-state index contributed by atoms with van der Waals surface area (Å²) in [4.78, 5) is 4.67. The van der Waals surface area contributed by atoms with Crippen LogP contribution in [0.1, 0.15) is 21.4 Å². The summed E-state index contributed by atoms with van der Waals surface area (Å²) in [6.07, 6.45) is 0. The van der Waals surface area contributed by atoms with E-state index >= 15 is 0 Å². The lowest BCUT2D eigenvalue weighted by atomic mass is 10.1. The molecule has 0 amide bonds. The van der Waals surface area contributed by atoms with Gasteiger partial charge in [-0.05, 0) is 37.3 Å². The van der Waals surface area contributed by atoms with Gasteiger partial charge >= 0.3 is 0 Å². The average Bonchev–Trinajstić information content (AvgIpc) is 2.86. The Balaban J connectivity index is 2.30. The van der Waals surface area contributed by atoms with Crippen LogP contribution in [0.5, 0.6) is 0 Å². The maximum atomic E-state index is 8.97. The molecule has 2 N–H and O–H groups in total. The van der Waals surface area contributed by atoms with Crippen LogP contribution in [0, 0.1) is 18.3 Å². The van der Waals surface area contributed by atoms with Crippen LogP contribution in [0.3, 0.4) is 0 Å². The molecule has 1 aromatic carbocycles. The van der Waals surface area contributed by atoms with Crippen LogP contribution in [0.2, 0.25) is 0 Å². The van der Waals surface area contributed by atoms with Gasteiger partial charge in [-0.2, -0.15) is 5.26 Å². The van der Waals surface area contributed by atoms with Gasteiger partial charge < -0.3 is 10.6 Å². The van der Waals surface area contributed by atoms with Crippen LogP contribution >= 0.6 is 11.3 Å². The first-order valence-corrected chi connectivity index (χ1v) is 6.96. The lowest BCUT2D eigenvalue weighted by molar-refractivity contribution is 0.692. The van der Waals surface area contributed by atoms with E-state index in [0.717, 1.165) is 5.69 Å². The fourth-order valence-corrected chi connectivity index (χ4v) is 3.11. The summed E-state index contributed by atoms with van der Waals surface area (Å²) in [6.45, 7) is 2.64. The van der Waals surface area contributed by atoms with Crippen molar-refractivity contribution < 1.29 is 0 Å². The minimum absolute atomic E-state index is 0.146. The van der Waals surface area contributed by atoms with E-state index < -0.39 is 0 Å². The molecule has 3 nitrogen and oxygen atoms in total. The van der Waals surface area contributed by atoms with E-state index in [1.54, 1.807) is 11.3 Å². The third-order valence-electron chi connectivity index (χ3n) is 3.16. The van der Waals surface area contributed by atoms with Gasteiger partial charge in [-0.15, -0.1) is 11.3 Å². The third-order valence-corrected chi connectivity index (χ3v) is 4.26. The van der Waals surface area contributed by atoms with E-state index in [-0.39, 0.29) is 6.04 Å². The molecule has 1 aromatic heterocycles. The monoisotopic (exact) mass is 271 g/mol. The quantitative estimate of drug-likeness (QED) is 0.929. The number of nitrogens with two attached hydrogens (primary N) is 1. The number of hydrogen-bond acceptors (Lipinski definition) is 4. The molecule has 0 fully saturated rings. The van der Waals surface area contributed by atoms with E-state index in [1.807, 2.05) is 31.3 Å². The van der Waals surface area contributed by atoms with Crippen molar-refractivity contribution in [2.24, 2.45) is 5.73 Å². The van der Waals surface area contributed by atoms with Gasteiger partial charge in [0.15, 0.2) is 0 Å². The maximum absolute atomic E-state index is 8.97. The molecule has 19 heavy (non-hydrogen) atoms. The van der Waals surface area contributed by atoms with Crippen LogP contribution in [-0.4, -0.2) is 13.6 Å². The number of thiophene rings is 1. The van der Waals surface area contributed by atoms with E-state index in [0.29, 0.717) is 12.1 Å². The Hall–Kier alpha value is -1.83. The number of anilines is 1. The highest BCUT2D eigenvalue weighted by atomic mass is 32.1. The van der Waals surface area contributed by atoms with Crippen molar-refractivity contribution in [3.63, 3.8) is 0 Å². The SMILES string of the molecule is Cc1ccc(C(CN)N(C)c2cccc(C#N)c2)s1. The molecule has 2 rings (SSSR count). The molecule has 0 radical (unpaired) electrons. The molecular weight excluding hydrogens is 254 g/mol. The largest absolute Gasteiger partial charge is 0.365 e. The zero-order valence-electron chi connectivity index (χ0n) is 11.1. The lowest BCUT2D eigenvalue weighted by Crippen LogP contribution is -2.29. The van der Waals surface area contributed by atoms with Crippen LogP contribution in [0.15, 0.2) is 36.4 Å². The molecule has 0 aliphatic carbocycles. The highest BCUT2D eigenvalue weighted by Gasteiger charge is 2.17. The molecule has 0 bridgehead atoms. The molecule has 0 spiro atoms. The Labute approximate surface area is 117 Å². The smallest absolute Gasteiger partial charge is 0.0992 e. The Morgan fingerprint density at radius 2 is 2.16 bits per heavy atom. The summed E-state index contributed by atoms with van der Waals surface area (Å²) in [5, 5.41) is 8.97. The molecular formula is C15H17N3S. The standard InChI is InChI=1S/C15H17N3S/c1-11-6-7-15(19-11)14(10-17)18(2)13-5-3-4-12(8-13)9-16/h3-8,14H,10,17H2,1-2H3. The van der Waals surface area contributed by atoms with E-state index in [4.69, 9.17) is 11.0 Å². The predicted molar refractivity (Wildman–Crippen MR) is 80.4 cm³/mol. The summed E-state index contributed by atoms with van der Waals surface area (Å²) in [6, 6.07) is 14.2. The Morgan fingerprint density at radius 3 is 2.74 bits per heavy atom. The first-order valence-electron chi connectivity index (χ1n) is 6.15. The number of aryl methyl sites for hydroxylation is 1. The van der Waals surface area contributed by atoms with Crippen LogP contribution < -0.4 is 10.6 Å².